The molecule has 0 fully saturated rings. The van der Waals surface area contributed by atoms with Crippen molar-refractivity contribution in [2.45, 2.75) is 26.3 Å². The number of rotatable bonds is 3. The summed E-state index contributed by atoms with van der Waals surface area (Å²) in [6, 6.07) is 7.37. The van der Waals surface area contributed by atoms with Gasteiger partial charge in [-0.2, -0.15) is 10.2 Å². The fraction of sp³-hybridized carbons (Fsp3) is 0.333. The number of methoxy groups -OCH3 is 1. The molecule has 26 heavy (non-hydrogen) atoms. The van der Waals surface area contributed by atoms with E-state index in [1.165, 1.54) is 13.4 Å². The Balaban J connectivity index is 1.85. The SMILES string of the molecule is COC(=O)c1ccc2c(c1)-n1nc(-c3ncnn3C(C)C)cc1CCO2. The van der Waals surface area contributed by atoms with Crippen LogP contribution >= 0.6 is 0 Å². The zero-order valence-corrected chi connectivity index (χ0v) is 14.8. The maximum Gasteiger partial charge on any atom is 0.337 e. The average Bonchev–Trinajstić information content (AvgIpc) is 3.25. The standard InChI is InChI=1S/C18H19N5O3/c1-11(2)22-17(19-10-20-22)14-9-13-6-7-26-16-5-4-12(18(24)25-3)8-15(16)23(13)21-14/h4-5,8-11H,6-7H2,1-3H3. The quantitative estimate of drug-likeness (QED) is 0.673. The number of benzene rings is 1. The van der Waals surface area contributed by atoms with Gasteiger partial charge in [0.2, 0.25) is 0 Å². The van der Waals surface area contributed by atoms with Crippen molar-refractivity contribution in [2.24, 2.45) is 0 Å². The molecule has 0 radical (unpaired) electrons. The third kappa shape index (κ3) is 2.63. The second kappa shape index (κ2) is 6.29. The molecule has 0 saturated carbocycles. The summed E-state index contributed by atoms with van der Waals surface area (Å²) in [6.07, 6.45) is 2.23. The maximum atomic E-state index is 11.9. The van der Waals surface area contributed by atoms with Gasteiger partial charge in [0.1, 0.15) is 23.5 Å². The first-order valence-electron chi connectivity index (χ1n) is 8.43. The molecular formula is C18H19N5O3. The van der Waals surface area contributed by atoms with Crippen LogP contribution in [0.15, 0.2) is 30.6 Å². The van der Waals surface area contributed by atoms with Crippen LogP contribution < -0.4 is 4.74 Å². The van der Waals surface area contributed by atoms with Crippen molar-refractivity contribution in [3.63, 3.8) is 0 Å². The molecule has 0 aliphatic carbocycles. The minimum Gasteiger partial charge on any atom is -0.491 e. The van der Waals surface area contributed by atoms with Gasteiger partial charge in [0.25, 0.3) is 0 Å². The van der Waals surface area contributed by atoms with Crippen LogP contribution in [0.1, 0.15) is 35.9 Å². The minimum atomic E-state index is -0.398. The molecule has 0 spiro atoms. The number of aromatic nitrogens is 5. The van der Waals surface area contributed by atoms with Gasteiger partial charge in [-0.1, -0.05) is 0 Å². The Hall–Kier alpha value is -3.16. The van der Waals surface area contributed by atoms with Gasteiger partial charge in [-0.3, -0.25) is 0 Å². The number of carbonyl (C=O) groups is 1. The van der Waals surface area contributed by atoms with E-state index < -0.39 is 5.97 Å². The van der Waals surface area contributed by atoms with Crippen molar-refractivity contribution in [1.82, 2.24) is 24.5 Å². The second-order valence-electron chi connectivity index (χ2n) is 6.33. The number of nitrogens with zero attached hydrogens (tertiary/aromatic N) is 5. The van der Waals surface area contributed by atoms with Gasteiger partial charge in [-0.05, 0) is 38.1 Å². The maximum absolute atomic E-state index is 11.9. The molecule has 0 N–H and O–H groups in total. The van der Waals surface area contributed by atoms with Crippen molar-refractivity contribution < 1.29 is 14.3 Å². The van der Waals surface area contributed by atoms with Crippen LogP contribution in [0.3, 0.4) is 0 Å². The summed E-state index contributed by atoms with van der Waals surface area (Å²) in [5.41, 5.74) is 2.88. The fourth-order valence-electron chi connectivity index (χ4n) is 3.04. The van der Waals surface area contributed by atoms with Gasteiger partial charge in [-0.15, -0.1) is 0 Å². The van der Waals surface area contributed by atoms with Crippen molar-refractivity contribution >= 4 is 5.97 Å². The summed E-state index contributed by atoms with van der Waals surface area (Å²) >= 11 is 0. The molecule has 2 aromatic heterocycles. The van der Waals surface area contributed by atoms with E-state index in [9.17, 15) is 4.79 Å². The predicted molar refractivity (Wildman–Crippen MR) is 93.5 cm³/mol. The molecule has 0 atom stereocenters. The molecule has 0 unspecified atom stereocenters. The van der Waals surface area contributed by atoms with Crippen LogP contribution in [0.2, 0.25) is 0 Å². The molecule has 0 saturated heterocycles. The topological polar surface area (TPSA) is 84.1 Å². The molecule has 3 aromatic rings. The third-order valence-corrected chi connectivity index (χ3v) is 4.30. The molecular weight excluding hydrogens is 334 g/mol. The monoisotopic (exact) mass is 353 g/mol. The van der Waals surface area contributed by atoms with Crippen LogP contribution in [-0.2, 0) is 11.2 Å². The van der Waals surface area contributed by atoms with Crippen molar-refractivity contribution in [1.29, 1.82) is 0 Å². The molecule has 8 heteroatoms. The van der Waals surface area contributed by atoms with E-state index in [0.717, 1.165) is 11.4 Å². The molecule has 3 heterocycles. The van der Waals surface area contributed by atoms with Crippen molar-refractivity contribution in [3.05, 3.63) is 41.9 Å². The third-order valence-electron chi connectivity index (χ3n) is 4.30. The smallest absolute Gasteiger partial charge is 0.337 e. The van der Waals surface area contributed by atoms with Crippen LogP contribution in [0, 0.1) is 0 Å². The minimum absolute atomic E-state index is 0.176. The highest BCUT2D eigenvalue weighted by molar-refractivity contribution is 5.90. The summed E-state index contributed by atoms with van der Waals surface area (Å²) in [5, 5.41) is 9.01. The highest BCUT2D eigenvalue weighted by Crippen LogP contribution is 2.31. The van der Waals surface area contributed by atoms with E-state index in [2.05, 4.69) is 10.1 Å². The normalized spacial score (nSPS) is 12.9. The largest absolute Gasteiger partial charge is 0.491 e. The van der Waals surface area contributed by atoms with E-state index in [0.29, 0.717) is 35.9 Å². The molecule has 1 aliphatic heterocycles. The molecule has 0 bridgehead atoms. The van der Waals surface area contributed by atoms with Gasteiger partial charge in [0, 0.05) is 18.2 Å². The van der Waals surface area contributed by atoms with E-state index >= 15 is 0 Å². The lowest BCUT2D eigenvalue weighted by Gasteiger charge is -2.10. The van der Waals surface area contributed by atoms with E-state index in [-0.39, 0.29) is 6.04 Å². The Morgan fingerprint density at radius 2 is 2.15 bits per heavy atom. The Kier molecular flexibility index (Phi) is 3.95. The lowest BCUT2D eigenvalue weighted by atomic mass is 10.2. The molecule has 134 valence electrons. The lowest BCUT2D eigenvalue weighted by Crippen LogP contribution is -2.07. The van der Waals surface area contributed by atoms with Gasteiger partial charge in [0.05, 0.1) is 19.3 Å². The number of hydrogen-bond acceptors (Lipinski definition) is 6. The first-order chi connectivity index (χ1) is 12.6. The summed E-state index contributed by atoms with van der Waals surface area (Å²) < 4.78 is 14.3. The van der Waals surface area contributed by atoms with Crippen molar-refractivity contribution in [3.8, 4) is 23.0 Å². The van der Waals surface area contributed by atoms with E-state index in [1.807, 2.05) is 29.3 Å². The van der Waals surface area contributed by atoms with Gasteiger partial charge >= 0.3 is 5.97 Å². The fourth-order valence-corrected chi connectivity index (χ4v) is 3.04. The van der Waals surface area contributed by atoms with Crippen LogP contribution in [-0.4, -0.2) is 44.2 Å². The first kappa shape index (κ1) is 16.3. The Labute approximate surface area is 150 Å². The number of fused-ring (bicyclic) bond motifs is 3. The van der Waals surface area contributed by atoms with Crippen LogP contribution in [0.25, 0.3) is 17.2 Å². The Morgan fingerprint density at radius 3 is 2.92 bits per heavy atom. The Morgan fingerprint density at radius 1 is 1.31 bits per heavy atom. The average molecular weight is 353 g/mol. The van der Waals surface area contributed by atoms with Gasteiger partial charge in [-0.25, -0.2) is 19.1 Å². The van der Waals surface area contributed by atoms with E-state index in [4.69, 9.17) is 14.6 Å². The summed E-state index contributed by atoms with van der Waals surface area (Å²) in [4.78, 5) is 16.3. The molecule has 1 aliphatic rings. The van der Waals surface area contributed by atoms with Gasteiger partial charge in [0.15, 0.2) is 5.82 Å². The van der Waals surface area contributed by atoms with Gasteiger partial charge < -0.3 is 9.47 Å². The summed E-state index contributed by atoms with van der Waals surface area (Å²) in [5.74, 6) is 0.995. The van der Waals surface area contributed by atoms with Crippen LogP contribution in [0.4, 0.5) is 0 Å². The number of ether oxygens (including phenoxy) is 2. The zero-order valence-electron chi connectivity index (χ0n) is 14.8. The molecule has 1 aromatic carbocycles. The summed E-state index contributed by atoms with van der Waals surface area (Å²) in [7, 11) is 1.36. The zero-order chi connectivity index (χ0) is 18.3. The predicted octanol–water partition coefficient (Wildman–Crippen LogP) is 2.43. The highest BCUT2D eigenvalue weighted by atomic mass is 16.5. The number of carbonyl (C=O) groups excluding carboxylic acids is 1. The highest BCUT2D eigenvalue weighted by Gasteiger charge is 2.22. The molecule has 8 nitrogen and oxygen atoms in total. The van der Waals surface area contributed by atoms with E-state index in [1.54, 1.807) is 18.2 Å². The second-order valence-corrected chi connectivity index (χ2v) is 6.33. The lowest BCUT2D eigenvalue weighted by molar-refractivity contribution is 0.0600. The summed E-state index contributed by atoms with van der Waals surface area (Å²) in [6.45, 7) is 4.63. The number of hydrogen-bond donors (Lipinski definition) is 0. The molecule has 0 amide bonds. The van der Waals surface area contributed by atoms with Crippen molar-refractivity contribution in [2.75, 3.05) is 13.7 Å². The first-order valence-corrected chi connectivity index (χ1v) is 8.43. The Bertz CT molecular complexity index is 973. The number of esters is 1. The van der Waals surface area contributed by atoms with Crippen LogP contribution in [0.5, 0.6) is 5.75 Å². The molecule has 4 rings (SSSR count).